The molecule has 45 heavy (non-hydrogen) atoms. The molecule has 12 heteroatoms. The lowest BCUT2D eigenvalue weighted by Crippen LogP contribution is -2.42. The van der Waals surface area contributed by atoms with Crippen LogP contribution in [-0.2, 0) is 22.5 Å². The molecule has 0 radical (unpaired) electrons. The first-order valence-electron chi connectivity index (χ1n) is 15.2. The van der Waals surface area contributed by atoms with E-state index >= 15 is 0 Å². The summed E-state index contributed by atoms with van der Waals surface area (Å²) < 4.78 is 26.6. The maximum Gasteiger partial charge on any atom is 0.319 e. The highest BCUT2D eigenvalue weighted by Crippen LogP contribution is 2.37. The number of nitriles is 1. The number of aromatic nitrogens is 2. The summed E-state index contributed by atoms with van der Waals surface area (Å²) in [6.45, 7) is 8.42. The van der Waals surface area contributed by atoms with E-state index in [0.29, 0.717) is 63.4 Å². The van der Waals surface area contributed by atoms with Crippen LogP contribution < -0.4 is 15.0 Å². The second-order valence-electron chi connectivity index (χ2n) is 11.5. The summed E-state index contributed by atoms with van der Waals surface area (Å²) in [5.41, 5.74) is 2.57. The van der Waals surface area contributed by atoms with E-state index in [1.54, 1.807) is 11.0 Å². The predicted molar refractivity (Wildman–Crippen MR) is 173 cm³/mol. The van der Waals surface area contributed by atoms with Crippen LogP contribution in [0.15, 0.2) is 43.0 Å². The van der Waals surface area contributed by atoms with Crippen LogP contribution in [0.2, 0.25) is 5.02 Å². The highest BCUT2D eigenvalue weighted by atomic mass is 35.5. The van der Waals surface area contributed by atoms with E-state index in [1.807, 2.05) is 39.2 Å². The Morgan fingerprint density at radius 3 is 2.89 bits per heavy atom. The van der Waals surface area contributed by atoms with Gasteiger partial charge in [0, 0.05) is 42.3 Å². The summed E-state index contributed by atoms with van der Waals surface area (Å²) in [7, 11) is 3.97. The number of hydrogen-bond donors (Lipinski definition) is 1. The number of halogens is 2. The molecule has 3 heterocycles. The van der Waals surface area contributed by atoms with Gasteiger partial charge >= 0.3 is 6.01 Å². The third kappa shape index (κ3) is 6.98. The molecule has 1 amide bonds. The quantitative estimate of drug-likeness (QED) is 0.281. The first-order chi connectivity index (χ1) is 21.7. The SMILES string of the molecule is C=CC(=O)N(CCNc1nc(O[C@@H]2COC[C@@H]2N(C)C)nc2c1CCN(c1cccc3ccc(F)c(Cl)c13)C2)C(CC)CC#N. The van der Waals surface area contributed by atoms with Crippen molar-refractivity contribution < 1.29 is 18.7 Å². The summed E-state index contributed by atoms with van der Waals surface area (Å²) >= 11 is 6.48. The summed E-state index contributed by atoms with van der Waals surface area (Å²) in [4.78, 5) is 28.2. The van der Waals surface area contributed by atoms with Gasteiger partial charge in [0.1, 0.15) is 17.7 Å². The van der Waals surface area contributed by atoms with Gasteiger partial charge in [-0.1, -0.05) is 43.3 Å². The van der Waals surface area contributed by atoms with E-state index < -0.39 is 5.82 Å². The van der Waals surface area contributed by atoms with Crippen LogP contribution >= 0.6 is 11.6 Å². The first-order valence-corrected chi connectivity index (χ1v) is 15.6. The molecule has 10 nitrogen and oxygen atoms in total. The number of hydrogen-bond acceptors (Lipinski definition) is 9. The molecule has 0 spiro atoms. The Morgan fingerprint density at radius 2 is 2.16 bits per heavy atom. The van der Waals surface area contributed by atoms with Crippen LogP contribution in [0.1, 0.15) is 31.0 Å². The predicted octanol–water partition coefficient (Wildman–Crippen LogP) is 4.81. The molecule has 0 bridgehead atoms. The number of rotatable bonds is 12. The fraction of sp³-hybridized carbons (Fsp3) is 0.455. The van der Waals surface area contributed by atoms with Gasteiger partial charge in [0.05, 0.1) is 49.0 Å². The number of benzene rings is 2. The molecule has 0 saturated carbocycles. The van der Waals surface area contributed by atoms with Crippen molar-refractivity contribution in [2.24, 2.45) is 0 Å². The van der Waals surface area contributed by atoms with Gasteiger partial charge in [0.2, 0.25) is 5.91 Å². The van der Waals surface area contributed by atoms with Crippen molar-refractivity contribution in [1.82, 2.24) is 19.8 Å². The van der Waals surface area contributed by atoms with Crippen LogP contribution in [-0.4, -0.2) is 90.8 Å². The van der Waals surface area contributed by atoms with Crippen molar-refractivity contribution in [1.29, 1.82) is 5.26 Å². The van der Waals surface area contributed by atoms with Gasteiger partial charge < -0.3 is 29.5 Å². The lowest BCUT2D eigenvalue weighted by Gasteiger charge is -2.33. The molecule has 3 atom stereocenters. The minimum atomic E-state index is -0.461. The van der Waals surface area contributed by atoms with Crippen molar-refractivity contribution in [3.63, 3.8) is 0 Å². The third-order valence-electron chi connectivity index (χ3n) is 8.56. The summed E-state index contributed by atoms with van der Waals surface area (Å²) in [6, 6.07) is 11.2. The Labute approximate surface area is 268 Å². The van der Waals surface area contributed by atoms with E-state index in [-0.39, 0.29) is 41.5 Å². The molecule has 1 fully saturated rings. The molecular weight excluding hydrogens is 597 g/mol. The number of amides is 1. The molecule has 2 aliphatic rings. The van der Waals surface area contributed by atoms with Gasteiger partial charge in [0.25, 0.3) is 0 Å². The normalized spacial score (nSPS) is 18.4. The molecule has 1 N–H and O–H groups in total. The molecule has 3 aromatic rings. The second-order valence-corrected chi connectivity index (χ2v) is 11.9. The zero-order valence-electron chi connectivity index (χ0n) is 25.9. The molecule has 238 valence electrons. The Bertz CT molecular complexity index is 1600. The van der Waals surface area contributed by atoms with Crippen molar-refractivity contribution in [3.05, 3.63) is 65.1 Å². The molecule has 1 unspecified atom stereocenters. The van der Waals surface area contributed by atoms with Crippen molar-refractivity contribution in [2.45, 2.75) is 50.9 Å². The van der Waals surface area contributed by atoms with Gasteiger partial charge in [-0.2, -0.15) is 15.2 Å². The number of ether oxygens (including phenoxy) is 2. The maximum atomic E-state index is 14.5. The summed E-state index contributed by atoms with van der Waals surface area (Å²) in [5.74, 6) is -0.0439. The average Bonchev–Trinajstić information content (AvgIpc) is 3.51. The van der Waals surface area contributed by atoms with Crippen LogP contribution in [0.5, 0.6) is 6.01 Å². The van der Waals surface area contributed by atoms with Crippen LogP contribution in [0.25, 0.3) is 10.8 Å². The van der Waals surface area contributed by atoms with Gasteiger partial charge in [0.15, 0.2) is 0 Å². The van der Waals surface area contributed by atoms with Crippen molar-refractivity contribution in [2.75, 3.05) is 57.2 Å². The molecule has 0 aliphatic carbocycles. The van der Waals surface area contributed by atoms with Crippen LogP contribution in [0.3, 0.4) is 0 Å². The number of nitrogens with zero attached hydrogens (tertiary/aromatic N) is 6. The minimum Gasteiger partial charge on any atom is -0.456 e. The molecule has 1 saturated heterocycles. The van der Waals surface area contributed by atoms with E-state index in [1.165, 1.54) is 12.1 Å². The van der Waals surface area contributed by atoms with Gasteiger partial charge in [-0.15, -0.1) is 0 Å². The molecule has 5 rings (SSSR count). The van der Waals surface area contributed by atoms with Gasteiger partial charge in [-0.25, -0.2) is 4.39 Å². The van der Waals surface area contributed by atoms with E-state index in [9.17, 15) is 14.4 Å². The van der Waals surface area contributed by atoms with Gasteiger partial charge in [-0.05, 0) is 50.5 Å². The zero-order chi connectivity index (χ0) is 32.1. The smallest absolute Gasteiger partial charge is 0.319 e. The van der Waals surface area contributed by atoms with Crippen molar-refractivity contribution in [3.8, 4) is 12.1 Å². The second kappa shape index (κ2) is 14.4. The van der Waals surface area contributed by atoms with Gasteiger partial charge in [-0.3, -0.25) is 4.79 Å². The number of carbonyl (C=O) groups is 1. The lowest BCUT2D eigenvalue weighted by molar-refractivity contribution is -0.128. The summed E-state index contributed by atoms with van der Waals surface area (Å²) in [5, 5.41) is 14.3. The number of likely N-dealkylation sites (N-methyl/N-ethyl adjacent to an activating group) is 1. The Hall–Kier alpha value is -3.98. The van der Waals surface area contributed by atoms with Crippen LogP contribution in [0.4, 0.5) is 15.9 Å². The molecule has 1 aromatic heterocycles. The maximum absolute atomic E-state index is 14.5. The lowest BCUT2D eigenvalue weighted by atomic mass is 10.0. The Morgan fingerprint density at radius 1 is 1.33 bits per heavy atom. The Kier molecular flexibility index (Phi) is 10.4. The number of nitrogens with one attached hydrogen (secondary N) is 1. The van der Waals surface area contributed by atoms with E-state index in [0.717, 1.165) is 22.3 Å². The summed E-state index contributed by atoms with van der Waals surface area (Å²) in [6.07, 6.45) is 2.55. The molecular formula is C33H39ClFN7O3. The van der Waals surface area contributed by atoms with Crippen molar-refractivity contribution >= 4 is 39.8 Å². The van der Waals surface area contributed by atoms with E-state index in [2.05, 4.69) is 27.8 Å². The highest BCUT2D eigenvalue weighted by Gasteiger charge is 2.33. The standard InChI is InChI=1S/C33H39ClFN7O3/c1-5-22(12-14-36)42(29(43)6-2)17-15-37-32-23-13-16-41(26-9-7-8-21-10-11-24(35)31(34)30(21)26)18-25(23)38-33(39-32)45-28-20-44-19-27(28)40(3)4/h6-11,22,27-28H,2,5,12-13,15-20H2,1,3-4H3,(H,37,38,39)/t22?,27-,28+/m0/s1. The van der Waals surface area contributed by atoms with E-state index in [4.69, 9.17) is 31.0 Å². The average molecular weight is 636 g/mol. The Balaban J connectivity index is 1.45. The number of fused-ring (bicyclic) bond motifs is 2. The monoisotopic (exact) mass is 635 g/mol. The minimum absolute atomic E-state index is 0.0508. The van der Waals surface area contributed by atoms with Crippen LogP contribution in [0, 0.1) is 17.1 Å². The largest absolute Gasteiger partial charge is 0.456 e. The fourth-order valence-electron chi connectivity index (χ4n) is 6.08. The third-order valence-corrected chi connectivity index (χ3v) is 8.93. The molecule has 2 aliphatic heterocycles. The molecule has 2 aromatic carbocycles. The number of carbonyl (C=O) groups excluding carboxylic acids is 1. The number of anilines is 2. The topological polar surface area (TPSA) is 107 Å². The highest BCUT2D eigenvalue weighted by molar-refractivity contribution is 6.36. The fourth-order valence-corrected chi connectivity index (χ4v) is 6.35. The first kappa shape index (κ1) is 32.4. The zero-order valence-corrected chi connectivity index (χ0v) is 26.7.